The van der Waals surface area contributed by atoms with Gasteiger partial charge in [-0.25, -0.2) is 10.6 Å². The largest absolute Gasteiger partial charge is 0.450 e. The smallest absolute Gasteiger partial charge is 0.414 e. The first-order valence-electron chi connectivity index (χ1n) is 5.77. The monoisotopic (exact) mass is 274 g/mol. The third-order valence-electron chi connectivity index (χ3n) is 2.18. The molecule has 0 atom stereocenters. The summed E-state index contributed by atoms with van der Waals surface area (Å²) in [7, 11) is 0. The van der Waals surface area contributed by atoms with E-state index in [9.17, 15) is 9.59 Å². The topological polar surface area (TPSA) is 108 Å². The fraction of sp³-hybridized carbons (Fsp3) is 0.154. The van der Waals surface area contributed by atoms with Gasteiger partial charge in [-0.1, -0.05) is 18.2 Å². The van der Waals surface area contributed by atoms with Crippen molar-refractivity contribution in [2.75, 3.05) is 11.6 Å². The Morgan fingerprint density at radius 3 is 2.65 bits per heavy atom. The average Bonchev–Trinajstić information content (AvgIpc) is 2.45. The van der Waals surface area contributed by atoms with Crippen LogP contribution in [0.3, 0.4) is 0 Å². The summed E-state index contributed by atoms with van der Waals surface area (Å²) in [6.45, 7) is 1.72. The van der Waals surface area contributed by atoms with E-state index in [-0.39, 0.29) is 12.2 Å². The van der Waals surface area contributed by atoms with Crippen LogP contribution in [0, 0.1) is 11.3 Å². The molecule has 7 nitrogen and oxygen atoms in total. The Bertz CT molecular complexity index is 548. The lowest BCUT2D eigenvalue weighted by Crippen LogP contribution is -2.33. The zero-order valence-corrected chi connectivity index (χ0v) is 10.9. The molecule has 0 aromatic heterocycles. The van der Waals surface area contributed by atoms with E-state index in [1.54, 1.807) is 43.3 Å². The fourth-order valence-corrected chi connectivity index (χ4v) is 1.28. The highest BCUT2D eigenvalue weighted by molar-refractivity contribution is 6.05. The van der Waals surface area contributed by atoms with E-state index in [0.29, 0.717) is 5.69 Å². The molecule has 0 aliphatic carbocycles. The maximum absolute atomic E-state index is 11.6. The molecule has 0 saturated heterocycles. The van der Waals surface area contributed by atoms with Gasteiger partial charge in [-0.05, 0) is 19.1 Å². The number of hydrogen-bond donors (Lipinski definition) is 2. The first-order chi connectivity index (χ1) is 9.58. The van der Waals surface area contributed by atoms with E-state index in [4.69, 9.17) is 11.1 Å². The normalized spacial score (nSPS) is 10.3. The summed E-state index contributed by atoms with van der Waals surface area (Å²) < 4.78 is 4.54. The Kier molecular flexibility index (Phi) is 5.75. The first kappa shape index (κ1) is 15.2. The predicted octanol–water partition coefficient (Wildman–Crippen LogP) is 1.05. The van der Waals surface area contributed by atoms with Gasteiger partial charge in [-0.15, -0.1) is 0 Å². The SMILES string of the molecule is CCOC(=O)NC(=O)/C(C#N)=C\N(N)c1ccccc1. The summed E-state index contributed by atoms with van der Waals surface area (Å²) in [5.41, 5.74) is 0.272. The number of amides is 2. The molecule has 1 rings (SSSR count). The van der Waals surface area contributed by atoms with E-state index >= 15 is 0 Å². The van der Waals surface area contributed by atoms with Crippen LogP contribution in [0.5, 0.6) is 0 Å². The summed E-state index contributed by atoms with van der Waals surface area (Å²) in [5, 5.41) is 12.0. The lowest BCUT2D eigenvalue weighted by Gasteiger charge is -2.13. The van der Waals surface area contributed by atoms with Crippen LogP contribution in [0.15, 0.2) is 42.1 Å². The number of carbonyl (C=O) groups is 2. The summed E-state index contributed by atoms with van der Waals surface area (Å²) in [6, 6.07) is 10.4. The molecule has 104 valence electrons. The van der Waals surface area contributed by atoms with Crippen molar-refractivity contribution in [2.24, 2.45) is 5.84 Å². The van der Waals surface area contributed by atoms with Crippen LogP contribution in [0.25, 0.3) is 0 Å². The molecule has 0 aliphatic heterocycles. The van der Waals surface area contributed by atoms with E-state index in [2.05, 4.69) is 4.74 Å². The molecule has 0 spiro atoms. The zero-order valence-electron chi connectivity index (χ0n) is 10.9. The zero-order chi connectivity index (χ0) is 15.0. The second-order valence-electron chi connectivity index (χ2n) is 3.57. The van der Waals surface area contributed by atoms with Gasteiger partial charge >= 0.3 is 6.09 Å². The van der Waals surface area contributed by atoms with Crippen molar-refractivity contribution in [3.63, 3.8) is 0 Å². The number of nitrogens with two attached hydrogens (primary N) is 1. The predicted molar refractivity (Wildman–Crippen MR) is 72.0 cm³/mol. The minimum Gasteiger partial charge on any atom is -0.450 e. The van der Waals surface area contributed by atoms with E-state index < -0.39 is 12.0 Å². The van der Waals surface area contributed by atoms with Gasteiger partial charge in [0.25, 0.3) is 5.91 Å². The Morgan fingerprint density at radius 1 is 1.45 bits per heavy atom. The molecule has 0 aliphatic rings. The maximum Gasteiger partial charge on any atom is 0.414 e. The Labute approximate surface area is 116 Å². The summed E-state index contributed by atoms with van der Waals surface area (Å²) in [6.07, 6.45) is 0.214. The number of para-hydroxylation sites is 1. The van der Waals surface area contributed by atoms with Crippen molar-refractivity contribution in [1.82, 2.24) is 5.32 Å². The molecule has 7 heteroatoms. The first-order valence-corrected chi connectivity index (χ1v) is 5.77. The van der Waals surface area contributed by atoms with Gasteiger partial charge in [0.05, 0.1) is 12.3 Å². The number of nitrogens with zero attached hydrogens (tertiary/aromatic N) is 2. The summed E-state index contributed by atoms with van der Waals surface area (Å²) >= 11 is 0. The van der Waals surface area contributed by atoms with E-state index in [0.717, 1.165) is 11.2 Å². The number of hydrogen-bond acceptors (Lipinski definition) is 6. The van der Waals surface area contributed by atoms with Crippen molar-refractivity contribution in [1.29, 1.82) is 5.26 Å². The lowest BCUT2D eigenvalue weighted by atomic mass is 10.2. The molecule has 0 unspecified atom stereocenters. The molecule has 0 fully saturated rings. The molecule has 2 amide bonds. The summed E-state index contributed by atoms with van der Waals surface area (Å²) in [5.74, 6) is 4.83. The molecule has 3 N–H and O–H groups in total. The van der Waals surface area contributed by atoms with Gasteiger partial charge in [-0.3, -0.25) is 15.1 Å². The van der Waals surface area contributed by atoms with Crippen LogP contribution in [-0.2, 0) is 9.53 Å². The molecule has 0 bridgehead atoms. The van der Waals surface area contributed by atoms with Gasteiger partial charge in [0.1, 0.15) is 11.6 Å². The van der Waals surface area contributed by atoms with Crippen molar-refractivity contribution in [2.45, 2.75) is 6.92 Å². The highest BCUT2D eigenvalue weighted by atomic mass is 16.5. The maximum atomic E-state index is 11.6. The number of alkyl carbamates (subject to hydrolysis) is 1. The number of hydrazine groups is 1. The van der Waals surface area contributed by atoms with Crippen molar-refractivity contribution in [3.05, 3.63) is 42.1 Å². The average molecular weight is 274 g/mol. The number of nitriles is 1. The third-order valence-corrected chi connectivity index (χ3v) is 2.18. The van der Waals surface area contributed by atoms with Crippen molar-refractivity contribution >= 4 is 17.7 Å². The van der Waals surface area contributed by atoms with Crippen LogP contribution < -0.4 is 16.2 Å². The van der Waals surface area contributed by atoms with Gasteiger partial charge in [0.2, 0.25) is 0 Å². The molecule has 1 aromatic carbocycles. The van der Waals surface area contributed by atoms with Crippen LogP contribution in [0.4, 0.5) is 10.5 Å². The van der Waals surface area contributed by atoms with Crippen molar-refractivity contribution < 1.29 is 14.3 Å². The molecular weight excluding hydrogens is 260 g/mol. The van der Waals surface area contributed by atoms with Crippen LogP contribution >= 0.6 is 0 Å². The molecular formula is C13H14N4O3. The quantitative estimate of drug-likeness (QED) is 0.367. The molecule has 0 heterocycles. The minimum atomic E-state index is -0.915. The second kappa shape index (κ2) is 7.56. The Balaban J connectivity index is 2.80. The van der Waals surface area contributed by atoms with Gasteiger partial charge in [0, 0.05) is 6.20 Å². The number of imide groups is 1. The van der Waals surface area contributed by atoms with Crippen LogP contribution in [0.2, 0.25) is 0 Å². The number of ether oxygens (including phenoxy) is 1. The Morgan fingerprint density at radius 2 is 2.10 bits per heavy atom. The lowest BCUT2D eigenvalue weighted by molar-refractivity contribution is -0.116. The Hall–Kier alpha value is -2.85. The van der Waals surface area contributed by atoms with Crippen LogP contribution in [0.1, 0.15) is 6.92 Å². The van der Waals surface area contributed by atoms with E-state index in [1.807, 2.05) is 5.32 Å². The number of carbonyl (C=O) groups excluding carboxylic acids is 2. The van der Waals surface area contributed by atoms with Gasteiger partial charge in [-0.2, -0.15) is 5.26 Å². The standard InChI is InChI=1S/C13H14N4O3/c1-2-20-13(19)16-12(18)10(8-14)9-17(15)11-6-4-3-5-7-11/h3-7,9H,2,15H2,1H3,(H,16,18,19)/b10-9-. The molecule has 0 saturated carbocycles. The summed E-state index contributed by atoms with van der Waals surface area (Å²) in [4.78, 5) is 22.7. The van der Waals surface area contributed by atoms with E-state index in [1.165, 1.54) is 0 Å². The number of anilines is 1. The highest BCUT2D eigenvalue weighted by Crippen LogP contribution is 2.10. The fourth-order valence-electron chi connectivity index (χ4n) is 1.28. The highest BCUT2D eigenvalue weighted by Gasteiger charge is 2.14. The third kappa shape index (κ3) is 4.44. The molecule has 20 heavy (non-hydrogen) atoms. The molecule has 0 radical (unpaired) electrons. The van der Waals surface area contributed by atoms with Gasteiger partial charge < -0.3 is 4.74 Å². The van der Waals surface area contributed by atoms with Crippen molar-refractivity contribution in [3.8, 4) is 6.07 Å². The number of benzene rings is 1. The minimum absolute atomic E-state index is 0.123. The molecule has 1 aromatic rings. The van der Waals surface area contributed by atoms with Gasteiger partial charge in [0.15, 0.2) is 0 Å². The number of rotatable bonds is 4. The van der Waals surface area contributed by atoms with Crippen LogP contribution in [-0.4, -0.2) is 18.6 Å². The second-order valence-corrected chi connectivity index (χ2v) is 3.57. The number of nitrogens with one attached hydrogen (secondary N) is 1.